The van der Waals surface area contributed by atoms with Crippen LogP contribution in [-0.2, 0) is 0 Å². The summed E-state index contributed by atoms with van der Waals surface area (Å²) >= 11 is 0. The Kier molecular flexibility index (Phi) is 10.3. The Labute approximate surface area is 348 Å². The van der Waals surface area contributed by atoms with E-state index in [1.165, 1.54) is 67.3 Å². The Hall–Kier alpha value is -5.74. The number of rotatable bonds is 8. The van der Waals surface area contributed by atoms with E-state index in [0.717, 1.165) is 34.4 Å². The minimum atomic E-state index is 0.433. The van der Waals surface area contributed by atoms with Crippen LogP contribution in [0, 0.1) is 27.7 Å². The van der Waals surface area contributed by atoms with Crippen LogP contribution in [-0.4, -0.2) is 0 Å². The van der Waals surface area contributed by atoms with Crippen molar-refractivity contribution >= 4 is 45.5 Å². The Bertz CT molecular complexity index is 2140. The number of hydrogen-bond donors (Lipinski definition) is 0. The molecule has 0 aromatic heterocycles. The van der Waals surface area contributed by atoms with Crippen LogP contribution >= 0.6 is 0 Å². The summed E-state index contributed by atoms with van der Waals surface area (Å²) in [5.74, 6) is 3.90. The van der Waals surface area contributed by atoms with E-state index in [0.29, 0.717) is 23.7 Å². The van der Waals surface area contributed by atoms with E-state index in [2.05, 4.69) is 224 Å². The predicted octanol–water partition coefficient (Wildman–Crippen LogP) is 15.8. The van der Waals surface area contributed by atoms with Crippen LogP contribution in [0.25, 0.3) is 0 Å². The standard InChI is InChI=1S/C54H60N4/c1-33(2)41-13-21-45(22-14-41)55-49-29-37(9)38(10)30-50(49)56(46-23-15-42(16-24-46)34(3)4)53(55)54-57(47-25-17-43(18-26-47)35(5)6)51-31-39(11)40(12)32-52(51)58(54)48-27-19-44(20-28-48)36(7)8/h13-36H,1-12H3. The van der Waals surface area contributed by atoms with Gasteiger partial charge in [-0.05, 0) is 169 Å². The van der Waals surface area contributed by atoms with Gasteiger partial charge in [0.2, 0.25) is 0 Å². The molecule has 6 aromatic rings. The lowest BCUT2D eigenvalue weighted by Gasteiger charge is -2.34. The number of benzene rings is 6. The minimum Gasteiger partial charge on any atom is -0.291 e. The molecule has 6 aromatic carbocycles. The summed E-state index contributed by atoms with van der Waals surface area (Å²) in [4.78, 5) is 10.1. The van der Waals surface area contributed by atoms with Gasteiger partial charge in [0.25, 0.3) is 0 Å². The van der Waals surface area contributed by atoms with Crippen LogP contribution in [0.5, 0.6) is 0 Å². The zero-order valence-electron chi connectivity index (χ0n) is 36.6. The van der Waals surface area contributed by atoms with Crippen LogP contribution in [0.4, 0.5) is 45.5 Å². The van der Waals surface area contributed by atoms with E-state index >= 15 is 0 Å². The molecule has 0 bridgehead atoms. The molecule has 8 rings (SSSR count). The quantitative estimate of drug-likeness (QED) is 0.153. The molecule has 0 unspecified atom stereocenters. The third-order valence-corrected chi connectivity index (χ3v) is 12.5. The Balaban J connectivity index is 1.53. The first kappa shape index (κ1) is 39.1. The summed E-state index contributed by atoms with van der Waals surface area (Å²) < 4.78 is 0. The van der Waals surface area contributed by atoms with Crippen LogP contribution in [0.1, 0.15) is 124 Å². The van der Waals surface area contributed by atoms with Crippen molar-refractivity contribution in [1.82, 2.24) is 0 Å². The summed E-state index contributed by atoms with van der Waals surface area (Å²) in [7, 11) is 0. The van der Waals surface area contributed by atoms with Crippen LogP contribution in [0.15, 0.2) is 133 Å². The molecular weight excluding hydrogens is 705 g/mol. The van der Waals surface area contributed by atoms with E-state index in [1.807, 2.05) is 0 Å². The van der Waals surface area contributed by atoms with Gasteiger partial charge in [-0.3, -0.25) is 19.6 Å². The SMILES string of the molecule is Cc1cc2c(cc1C)N(c1ccc(C(C)C)cc1)C(=C1N(c3ccc(C(C)C)cc3)c3cc(C)c(C)cc3N1c1ccc(C(C)C)cc1)N2c1ccc(C(C)C)cc1. The summed E-state index contributed by atoms with van der Waals surface area (Å²) in [5.41, 5.74) is 19.6. The molecule has 0 atom stereocenters. The molecule has 0 radical (unpaired) electrons. The van der Waals surface area contributed by atoms with E-state index < -0.39 is 0 Å². The average Bonchev–Trinajstić information content (AvgIpc) is 3.69. The van der Waals surface area contributed by atoms with Gasteiger partial charge in [0, 0.05) is 22.7 Å². The lowest BCUT2D eigenvalue weighted by Crippen LogP contribution is -2.33. The summed E-state index contributed by atoms with van der Waals surface area (Å²) in [5, 5.41) is 0. The smallest absolute Gasteiger partial charge is 0.166 e. The molecule has 0 amide bonds. The lowest BCUT2D eigenvalue weighted by molar-refractivity contribution is 0.865. The summed E-state index contributed by atoms with van der Waals surface area (Å²) in [6, 6.07) is 46.6. The van der Waals surface area contributed by atoms with E-state index in [-0.39, 0.29) is 0 Å². The van der Waals surface area contributed by atoms with E-state index in [4.69, 9.17) is 0 Å². The molecule has 4 nitrogen and oxygen atoms in total. The summed E-state index contributed by atoms with van der Waals surface area (Å²) in [6.45, 7) is 27.1. The maximum Gasteiger partial charge on any atom is 0.166 e. The van der Waals surface area contributed by atoms with Crippen molar-refractivity contribution in [3.63, 3.8) is 0 Å². The van der Waals surface area contributed by atoms with Gasteiger partial charge in [0.05, 0.1) is 22.7 Å². The topological polar surface area (TPSA) is 13.0 Å². The first-order valence-corrected chi connectivity index (χ1v) is 21.3. The fourth-order valence-electron chi connectivity index (χ4n) is 8.42. The third kappa shape index (κ3) is 6.77. The highest BCUT2D eigenvalue weighted by molar-refractivity contribution is 6.00. The molecule has 0 aliphatic carbocycles. The normalized spacial score (nSPS) is 13.9. The van der Waals surface area contributed by atoms with Crippen LogP contribution < -0.4 is 19.6 Å². The van der Waals surface area contributed by atoms with Gasteiger partial charge in [-0.2, -0.15) is 0 Å². The molecule has 2 aliphatic heterocycles. The van der Waals surface area contributed by atoms with Crippen LogP contribution in [0.2, 0.25) is 0 Å². The van der Waals surface area contributed by atoms with Gasteiger partial charge in [-0.15, -0.1) is 0 Å². The molecule has 0 saturated heterocycles. The van der Waals surface area contributed by atoms with Gasteiger partial charge in [-0.25, -0.2) is 0 Å². The zero-order chi connectivity index (χ0) is 41.2. The van der Waals surface area contributed by atoms with Gasteiger partial charge < -0.3 is 0 Å². The maximum absolute atomic E-state index is 2.52. The Morgan fingerprint density at radius 3 is 0.603 bits per heavy atom. The Morgan fingerprint density at radius 2 is 0.448 bits per heavy atom. The zero-order valence-corrected chi connectivity index (χ0v) is 36.6. The van der Waals surface area contributed by atoms with Crippen LogP contribution in [0.3, 0.4) is 0 Å². The molecule has 0 fully saturated rings. The third-order valence-electron chi connectivity index (χ3n) is 12.5. The average molecular weight is 765 g/mol. The second-order valence-electron chi connectivity index (χ2n) is 17.8. The number of hydrogen-bond acceptors (Lipinski definition) is 4. The Morgan fingerprint density at radius 1 is 0.276 bits per heavy atom. The fraction of sp³-hybridized carbons (Fsp3) is 0.296. The second-order valence-corrected chi connectivity index (χ2v) is 17.8. The molecular formula is C54H60N4. The highest BCUT2D eigenvalue weighted by atomic mass is 15.5. The van der Waals surface area contributed by atoms with Crippen molar-refractivity contribution in [2.45, 2.75) is 107 Å². The van der Waals surface area contributed by atoms with Crippen molar-refractivity contribution < 1.29 is 0 Å². The maximum atomic E-state index is 2.52. The van der Waals surface area contributed by atoms with Crippen molar-refractivity contribution in [3.8, 4) is 0 Å². The highest BCUT2D eigenvalue weighted by Crippen LogP contribution is 2.58. The fourth-order valence-corrected chi connectivity index (χ4v) is 8.42. The first-order valence-electron chi connectivity index (χ1n) is 21.3. The number of anilines is 8. The van der Waals surface area contributed by atoms with Crippen molar-refractivity contribution in [2.24, 2.45) is 0 Å². The second kappa shape index (κ2) is 15.2. The predicted molar refractivity (Wildman–Crippen MR) is 250 cm³/mol. The molecule has 4 heteroatoms. The summed E-state index contributed by atoms with van der Waals surface area (Å²) in [6.07, 6.45) is 0. The minimum absolute atomic E-state index is 0.433. The van der Waals surface area contributed by atoms with Gasteiger partial charge in [-0.1, -0.05) is 104 Å². The van der Waals surface area contributed by atoms with Crippen molar-refractivity contribution in [3.05, 3.63) is 177 Å². The monoisotopic (exact) mass is 764 g/mol. The number of fused-ring (bicyclic) bond motifs is 2. The molecule has 2 aliphatic rings. The van der Waals surface area contributed by atoms with Crippen molar-refractivity contribution in [1.29, 1.82) is 0 Å². The molecule has 2 heterocycles. The largest absolute Gasteiger partial charge is 0.291 e. The van der Waals surface area contributed by atoms with Gasteiger partial charge in [0.1, 0.15) is 0 Å². The van der Waals surface area contributed by atoms with Gasteiger partial charge in [0.15, 0.2) is 11.6 Å². The van der Waals surface area contributed by atoms with E-state index in [9.17, 15) is 0 Å². The highest BCUT2D eigenvalue weighted by Gasteiger charge is 2.45. The number of nitrogens with zero attached hydrogens (tertiary/aromatic N) is 4. The first-order chi connectivity index (χ1) is 27.7. The molecule has 0 spiro atoms. The number of aryl methyl sites for hydroxylation is 4. The molecule has 0 N–H and O–H groups in total. The molecule has 0 saturated carbocycles. The van der Waals surface area contributed by atoms with Crippen molar-refractivity contribution in [2.75, 3.05) is 19.6 Å². The lowest BCUT2D eigenvalue weighted by atomic mass is 10.0. The van der Waals surface area contributed by atoms with Gasteiger partial charge >= 0.3 is 0 Å². The molecule has 296 valence electrons. The van der Waals surface area contributed by atoms with E-state index in [1.54, 1.807) is 0 Å². The molecule has 58 heavy (non-hydrogen) atoms.